The average molecular weight is 613 g/mol. The van der Waals surface area contributed by atoms with Gasteiger partial charge in [0.2, 0.25) is 0 Å². The molecule has 0 saturated carbocycles. The fourth-order valence-electron chi connectivity index (χ4n) is 5.55. The third kappa shape index (κ3) is 20.0. The lowest BCUT2D eigenvalue weighted by molar-refractivity contribution is -0.171. The highest BCUT2D eigenvalue weighted by molar-refractivity contribution is 6.23. The highest BCUT2D eigenvalue weighted by atomic mass is 16.5. The monoisotopic (exact) mass is 612 g/mol. The van der Waals surface area contributed by atoms with Gasteiger partial charge >= 0.3 is 11.9 Å². The van der Waals surface area contributed by atoms with E-state index in [9.17, 15) is 29.4 Å². The van der Waals surface area contributed by atoms with Gasteiger partial charge in [0.05, 0.1) is 13.0 Å². The molecule has 252 valence electrons. The van der Waals surface area contributed by atoms with Crippen LogP contribution in [0.1, 0.15) is 174 Å². The number of Topliss-reactive ketones (excluding diaryl/α,β-unsaturated/α-hetero) is 2. The third-order valence-electron chi connectivity index (χ3n) is 8.35. The van der Waals surface area contributed by atoms with Gasteiger partial charge in [-0.05, 0) is 12.8 Å². The maximum Gasteiger partial charge on any atom is 0.328 e. The van der Waals surface area contributed by atoms with Crippen molar-refractivity contribution in [3.63, 3.8) is 0 Å². The topological polar surface area (TPSA) is 138 Å². The summed E-state index contributed by atoms with van der Waals surface area (Å²) < 4.78 is 5.06. The van der Waals surface area contributed by atoms with Crippen molar-refractivity contribution in [1.29, 1.82) is 0 Å². The summed E-state index contributed by atoms with van der Waals surface area (Å²) in [4.78, 5) is 52.0. The number of carbonyl (C=O) groups excluding carboxylic acids is 3. The number of aliphatic hydroxyl groups is 2. The molecule has 0 fully saturated rings. The second-order valence-corrected chi connectivity index (χ2v) is 12.3. The van der Waals surface area contributed by atoms with Crippen molar-refractivity contribution >= 4 is 23.5 Å². The molecule has 8 nitrogen and oxygen atoms in total. The molecule has 0 aliphatic heterocycles. The molecule has 8 heteroatoms. The van der Waals surface area contributed by atoms with Crippen molar-refractivity contribution in [3.05, 3.63) is 0 Å². The van der Waals surface area contributed by atoms with E-state index in [1.54, 1.807) is 0 Å². The number of ketones is 2. The van der Waals surface area contributed by atoms with Gasteiger partial charge in [-0.2, -0.15) is 0 Å². The van der Waals surface area contributed by atoms with Gasteiger partial charge in [-0.3, -0.25) is 19.2 Å². The zero-order valence-corrected chi connectivity index (χ0v) is 27.6. The van der Waals surface area contributed by atoms with E-state index in [4.69, 9.17) is 9.84 Å². The maximum absolute atomic E-state index is 13.5. The fourth-order valence-corrected chi connectivity index (χ4v) is 5.55. The molecule has 0 aliphatic rings. The Bertz CT molecular complexity index is 697. The molecule has 0 aromatic heterocycles. The van der Waals surface area contributed by atoms with Crippen molar-refractivity contribution in [3.8, 4) is 0 Å². The number of carboxylic acids is 1. The Morgan fingerprint density at radius 1 is 0.581 bits per heavy atom. The van der Waals surface area contributed by atoms with Crippen LogP contribution in [-0.4, -0.2) is 58.1 Å². The summed E-state index contributed by atoms with van der Waals surface area (Å²) in [7, 11) is 0. The summed E-state index contributed by atoms with van der Waals surface area (Å²) in [5.41, 5.74) is -2.42. The summed E-state index contributed by atoms with van der Waals surface area (Å²) in [6, 6.07) is 0. The number of hydrogen-bond acceptors (Lipinski definition) is 7. The average Bonchev–Trinajstić information content (AvgIpc) is 2.99. The van der Waals surface area contributed by atoms with Gasteiger partial charge in [0.25, 0.3) is 0 Å². The van der Waals surface area contributed by atoms with E-state index in [-0.39, 0.29) is 12.8 Å². The van der Waals surface area contributed by atoms with Crippen LogP contribution < -0.4 is 0 Å². The largest absolute Gasteiger partial charge is 0.481 e. The van der Waals surface area contributed by atoms with Crippen molar-refractivity contribution in [2.45, 2.75) is 180 Å². The molecular formula is C35H64O8. The molecule has 0 aromatic carbocycles. The second-order valence-electron chi connectivity index (χ2n) is 12.3. The van der Waals surface area contributed by atoms with Gasteiger partial charge in [-0.1, -0.05) is 142 Å². The molecular weight excluding hydrogens is 548 g/mol. The number of unbranched alkanes of at least 4 members (excludes halogenated alkanes) is 20. The van der Waals surface area contributed by atoms with Crippen LogP contribution in [0.25, 0.3) is 0 Å². The van der Waals surface area contributed by atoms with Gasteiger partial charge in [-0.25, -0.2) is 0 Å². The van der Waals surface area contributed by atoms with Crippen molar-refractivity contribution in [2.75, 3.05) is 13.2 Å². The van der Waals surface area contributed by atoms with Crippen LogP contribution in [0, 0.1) is 5.41 Å². The molecule has 0 saturated heterocycles. The van der Waals surface area contributed by atoms with E-state index in [0.29, 0.717) is 12.8 Å². The van der Waals surface area contributed by atoms with Crippen LogP contribution in [-0.2, 0) is 23.9 Å². The van der Waals surface area contributed by atoms with Crippen LogP contribution in [0.15, 0.2) is 0 Å². The Hall–Kier alpha value is -1.80. The normalized spacial score (nSPS) is 12.3. The first kappa shape index (κ1) is 41.2. The van der Waals surface area contributed by atoms with Crippen molar-refractivity contribution in [1.82, 2.24) is 0 Å². The first-order valence-electron chi connectivity index (χ1n) is 17.5. The first-order valence-corrected chi connectivity index (χ1v) is 17.5. The minimum absolute atomic E-state index is 0.0774. The molecule has 0 heterocycles. The van der Waals surface area contributed by atoms with Crippen LogP contribution in [0.3, 0.4) is 0 Å². The number of carboxylic acid groups (broad SMARTS) is 1. The SMILES string of the molecule is CCCCCCCCCCCCCC(=O)C(CC(=O)O)(C(=O)CCCCCCCCCCCCC)C(=O)OCC(O)CO. The smallest absolute Gasteiger partial charge is 0.328 e. The van der Waals surface area contributed by atoms with E-state index in [1.165, 1.54) is 77.0 Å². The van der Waals surface area contributed by atoms with E-state index in [2.05, 4.69) is 13.8 Å². The van der Waals surface area contributed by atoms with Gasteiger partial charge in [0.15, 0.2) is 17.0 Å². The Morgan fingerprint density at radius 3 is 1.21 bits per heavy atom. The van der Waals surface area contributed by atoms with Crippen molar-refractivity contribution in [2.24, 2.45) is 5.41 Å². The van der Waals surface area contributed by atoms with Gasteiger partial charge in [-0.15, -0.1) is 0 Å². The van der Waals surface area contributed by atoms with Gasteiger partial charge < -0.3 is 20.1 Å². The number of aliphatic hydroxyl groups excluding tert-OH is 2. The van der Waals surface area contributed by atoms with Gasteiger partial charge in [0, 0.05) is 12.8 Å². The van der Waals surface area contributed by atoms with E-state index < -0.39 is 54.7 Å². The Balaban J connectivity index is 4.96. The van der Waals surface area contributed by atoms with Crippen LogP contribution in [0.2, 0.25) is 0 Å². The summed E-state index contributed by atoms with van der Waals surface area (Å²) in [6.07, 6.45) is 21.3. The quantitative estimate of drug-likeness (QED) is 0.0396. The Labute approximate surface area is 261 Å². The molecule has 0 spiro atoms. The van der Waals surface area contributed by atoms with Crippen LogP contribution in [0.5, 0.6) is 0 Å². The second kappa shape index (κ2) is 27.7. The maximum atomic E-state index is 13.5. The van der Waals surface area contributed by atoms with Crippen molar-refractivity contribution < 1.29 is 39.2 Å². The number of hydrogen-bond donors (Lipinski definition) is 3. The molecule has 0 bridgehead atoms. The Morgan fingerprint density at radius 2 is 0.907 bits per heavy atom. The zero-order chi connectivity index (χ0) is 32.2. The molecule has 0 aliphatic carbocycles. The molecule has 43 heavy (non-hydrogen) atoms. The molecule has 0 aromatic rings. The number of aliphatic carboxylic acids is 1. The van der Waals surface area contributed by atoms with Gasteiger partial charge in [0.1, 0.15) is 12.7 Å². The van der Waals surface area contributed by atoms with E-state index in [1.807, 2.05) is 0 Å². The number of rotatable bonds is 32. The minimum atomic E-state index is -2.42. The minimum Gasteiger partial charge on any atom is -0.481 e. The summed E-state index contributed by atoms with van der Waals surface area (Å²) in [6.45, 7) is 3.12. The summed E-state index contributed by atoms with van der Waals surface area (Å²) in [5.74, 6) is -4.10. The van der Waals surface area contributed by atoms with E-state index >= 15 is 0 Å². The standard InChI is InChI=1S/C35H64O8/c1-3-5-7-9-11-13-15-17-19-21-23-25-31(38)35(27-33(40)41,34(42)43-29-30(37)28-36)32(39)26-24-22-20-18-16-14-12-10-8-6-4-2/h30,36-37H,3-29H2,1-2H3,(H,40,41). The predicted octanol–water partition coefficient (Wildman–Crippen LogP) is 7.88. The molecule has 1 unspecified atom stereocenters. The molecule has 3 N–H and O–H groups in total. The van der Waals surface area contributed by atoms with Crippen LogP contribution in [0.4, 0.5) is 0 Å². The fraction of sp³-hybridized carbons (Fsp3) is 0.886. The summed E-state index contributed by atoms with van der Waals surface area (Å²) >= 11 is 0. The highest BCUT2D eigenvalue weighted by Gasteiger charge is 2.54. The number of esters is 1. The number of ether oxygens (including phenoxy) is 1. The summed E-state index contributed by atoms with van der Waals surface area (Å²) in [5, 5.41) is 28.4. The lowest BCUT2D eigenvalue weighted by atomic mass is 9.73. The molecule has 0 amide bonds. The molecule has 1 atom stereocenters. The molecule has 0 radical (unpaired) electrons. The Kier molecular flexibility index (Phi) is 26.6. The lowest BCUT2D eigenvalue weighted by Crippen LogP contribution is -2.49. The van der Waals surface area contributed by atoms with Crippen LogP contribution >= 0.6 is 0 Å². The lowest BCUT2D eigenvalue weighted by Gasteiger charge is -2.28. The predicted molar refractivity (Wildman–Crippen MR) is 171 cm³/mol. The highest BCUT2D eigenvalue weighted by Crippen LogP contribution is 2.32. The van der Waals surface area contributed by atoms with E-state index in [0.717, 1.165) is 51.4 Å². The molecule has 0 rings (SSSR count). The number of carbonyl (C=O) groups is 4. The third-order valence-corrected chi connectivity index (χ3v) is 8.35. The first-order chi connectivity index (χ1) is 20.8. The zero-order valence-electron chi connectivity index (χ0n) is 27.6.